The Labute approximate surface area is 99.9 Å². The van der Waals surface area contributed by atoms with Crippen molar-refractivity contribution in [3.63, 3.8) is 0 Å². The smallest absolute Gasteiger partial charge is 0.0650 e. The Kier molecular flexibility index (Phi) is 3.18. The highest BCUT2D eigenvalue weighted by atomic mass is 16.3. The quantitative estimate of drug-likeness (QED) is 0.669. The van der Waals surface area contributed by atoms with Gasteiger partial charge in [-0.05, 0) is 69.6 Å². The maximum absolute atomic E-state index is 10.5. The third-order valence-electron chi connectivity index (χ3n) is 5.23. The van der Waals surface area contributed by atoms with Crippen molar-refractivity contribution in [1.29, 1.82) is 0 Å². The minimum atomic E-state index is -0.406. The fraction of sp³-hybridized carbons (Fsp3) is 0.867. The van der Waals surface area contributed by atoms with Crippen LogP contribution in [0.4, 0.5) is 0 Å². The summed E-state index contributed by atoms with van der Waals surface area (Å²) >= 11 is 0. The molecule has 2 rings (SSSR count). The van der Waals surface area contributed by atoms with Crippen LogP contribution in [0.5, 0.6) is 0 Å². The lowest BCUT2D eigenvalue weighted by molar-refractivity contribution is -0.0975. The monoisotopic (exact) mass is 222 g/mol. The van der Waals surface area contributed by atoms with Crippen molar-refractivity contribution in [2.24, 2.45) is 23.7 Å². The molecule has 0 aromatic heterocycles. The molecule has 0 bridgehead atoms. The summed E-state index contributed by atoms with van der Waals surface area (Å²) in [7, 11) is 0. The third-order valence-corrected chi connectivity index (χ3v) is 5.23. The van der Waals surface area contributed by atoms with E-state index in [0.29, 0.717) is 11.8 Å². The molecule has 1 nitrogen and oxygen atoms in total. The topological polar surface area (TPSA) is 20.2 Å². The molecule has 0 aromatic rings. The molecule has 0 spiro atoms. The van der Waals surface area contributed by atoms with Gasteiger partial charge in [0.2, 0.25) is 0 Å². The molecule has 16 heavy (non-hydrogen) atoms. The summed E-state index contributed by atoms with van der Waals surface area (Å²) in [5, 5.41) is 10.5. The first kappa shape index (κ1) is 12.2. The Morgan fingerprint density at radius 2 is 2.00 bits per heavy atom. The molecule has 0 unspecified atom stereocenters. The third kappa shape index (κ3) is 2.07. The molecule has 0 amide bonds. The zero-order chi connectivity index (χ0) is 11.9. The van der Waals surface area contributed by atoms with Gasteiger partial charge in [0.05, 0.1) is 5.60 Å². The molecule has 2 aliphatic carbocycles. The van der Waals surface area contributed by atoms with Gasteiger partial charge in [0.1, 0.15) is 0 Å². The highest BCUT2D eigenvalue weighted by Gasteiger charge is 2.46. The van der Waals surface area contributed by atoms with Crippen LogP contribution < -0.4 is 0 Å². The number of fused-ring (bicyclic) bond motifs is 1. The number of aliphatic hydroxyl groups is 1. The van der Waals surface area contributed by atoms with E-state index in [1.54, 1.807) is 0 Å². The van der Waals surface area contributed by atoms with E-state index in [-0.39, 0.29) is 0 Å². The molecule has 5 atom stereocenters. The summed E-state index contributed by atoms with van der Waals surface area (Å²) in [4.78, 5) is 0. The van der Waals surface area contributed by atoms with Gasteiger partial charge in [-0.25, -0.2) is 0 Å². The second-order valence-electron chi connectivity index (χ2n) is 6.50. The van der Waals surface area contributed by atoms with Gasteiger partial charge in [-0.2, -0.15) is 0 Å². The van der Waals surface area contributed by atoms with Crippen molar-refractivity contribution < 1.29 is 5.11 Å². The summed E-state index contributed by atoms with van der Waals surface area (Å²) in [6.07, 6.45) is 5.88. The van der Waals surface area contributed by atoms with Crippen molar-refractivity contribution >= 4 is 0 Å². The van der Waals surface area contributed by atoms with Gasteiger partial charge in [-0.15, -0.1) is 0 Å². The molecule has 0 aliphatic heterocycles. The molecule has 0 radical (unpaired) electrons. The molecule has 0 heterocycles. The average Bonchev–Trinajstić information content (AvgIpc) is 2.23. The molecule has 2 aliphatic rings. The largest absolute Gasteiger partial charge is 0.390 e. The maximum Gasteiger partial charge on any atom is 0.0650 e. The molecule has 1 N–H and O–H groups in total. The molecule has 2 fully saturated rings. The minimum Gasteiger partial charge on any atom is -0.390 e. The molecular weight excluding hydrogens is 196 g/mol. The Morgan fingerprint density at radius 1 is 1.31 bits per heavy atom. The van der Waals surface area contributed by atoms with E-state index in [0.717, 1.165) is 18.3 Å². The summed E-state index contributed by atoms with van der Waals surface area (Å²) < 4.78 is 0. The molecule has 1 heteroatoms. The van der Waals surface area contributed by atoms with Gasteiger partial charge in [-0.3, -0.25) is 0 Å². The molecule has 2 saturated carbocycles. The molecule has 0 saturated heterocycles. The first-order valence-corrected chi connectivity index (χ1v) is 6.79. The fourth-order valence-corrected chi connectivity index (χ4v) is 3.97. The van der Waals surface area contributed by atoms with Crippen LogP contribution in [0.2, 0.25) is 0 Å². The van der Waals surface area contributed by atoms with Gasteiger partial charge in [-0.1, -0.05) is 19.1 Å². The summed E-state index contributed by atoms with van der Waals surface area (Å²) in [6, 6.07) is 0. The molecule has 92 valence electrons. The SMILES string of the molecule is C=C(C)[C@@H]1CC[C@@H]2[C@@H](C1)[C@@H](C)CC[C@]2(C)O. The molecular formula is C15H26O. The van der Waals surface area contributed by atoms with Crippen molar-refractivity contribution in [2.45, 2.75) is 58.5 Å². The van der Waals surface area contributed by atoms with Crippen molar-refractivity contribution in [2.75, 3.05) is 0 Å². The van der Waals surface area contributed by atoms with Crippen LogP contribution >= 0.6 is 0 Å². The summed E-state index contributed by atoms with van der Waals surface area (Å²) in [5.41, 5.74) is 0.938. The minimum absolute atomic E-state index is 0.406. The van der Waals surface area contributed by atoms with E-state index in [1.807, 2.05) is 0 Å². The van der Waals surface area contributed by atoms with Gasteiger partial charge < -0.3 is 5.11 Å². The highest BCUT2D eigenvalue weighted by molar-refractivity contribution is 5.04. The Balaban J connectivity index is 2.13. The Bertz CT molecular complexity index is 279. The number of hydrogen-bond acceptors (Lipinski definition) is 1. The van der Waals surface area contributed by atoms with Gasteiger partial charge in [0.25, 0.3) is 0 Å². The van der Waals surface area contributed by atoms with Crippen LogP contribution in [0.3, 0.4) is 0 Å². The zero-order valence-corrected chi connectivity index (χ0v) is 11.0. The fourth-order valence-electron chi connectivity index (χ4n) is 3.97. The first-order chi connectivity index (χ1) is 7.42. The second-order valence-corrected chi connectivity index (χ2v) is 6.50. The van der Waals surface area contributed by atoms with Gasteiger partial charge in [0, 0.05) is 0 Å². The zero-order valence-electron chi connectivity index (χ0n) is 11.0. The van der Waals surface area contributed by atoms with E-state index in [9.17, 15) is 5.11 Å². The van der Waals surface area contributed by atoms with E-state index in [4.69, 9.17) is 0 Å². The highest BCUT2D eigenvalue weighted by Crippen LogP contribution is 2.50. The van der Waals surface area contributed by atoms with E-state index >= 15 is 0 Å². The van der Waals surface area contributed by atoms with Crippen LogP contribution in [0.1, 0.15) is 52.9 Å². The van der Waals surface area contributed by atoms with Crippen LogP contribution in [-0.2, 0) is 0 Å². The number of allylic oxidation sites excluding steroid dienone is 1. The lowest BCUT2D eigenvalue weighted by atomic mass is 9.57. The van der Waals surface area contributed by atoms with E-state index < -0.39 is 5.60 Å². The van der Waals surface area contributed by atoms with E-state index in [2.05, 4.69) is 27.4 Å². The predicted octanol–water partition coefficient (Wildman–Crippen LogP) is 3.78. The standard InChI is InChI=1S/C15H26O/c1-10(2)12-5-6-14-13(9-12)11(3)7-8-15(14,4)16/h11-14,16H,1,5-9H2,2-4H3/t11-,12+,13-,14+,15-/m0/s1. The molecule has 0 aromatic carbocycles. The first-order valence-electron chi connectivity index (χ1n) is 6.79. The lowest BCUT2D eigenvalue weighted by Crippen LogP contribution is -2.48. The lowest BCUT2D eigenvalue weighted by Gasteiger charge is -2.50. The van der Waals surface area contributed by atoms with Crippen LogP contribution in [0.15, 0.2) is 12.2 Å². The predicted molar refractivity (Wildman–Crippen MR) is 68.2 cm³/mol. The van der Waals surface area contributed by atoms with Crippen molar-refractivity contribution in [3.05, 3.63) is 12.2 Å². The summed E-state index contributed by atoms with van der Waals surface area (Å²) in [6.45, 7) is 10.7. The van der Waals surface area contributed by atoms with E-state index in [1.165, 1.54) is 31.3 Å². The maximum atomic E-state index is 10.5. The Hall–Kier alpha value is -0.300. The average molecular weight is 222 g/mol. The van der Waals surface area contributed by atoms with Crippen LogP contribution in [0.25, 0.3) is 0 Å². The van der Waals surface area contributed by atoms with Gasteiger partial charge in [0.15, 0.2) is 0 Å². The summed E-state index contributed by atoms with van der Waals surface area (Å²) in [5.74, 6) is 2.75. The van der Waals surface area contributed by atoms with Crippen LogP contribution in [-0.4, -0.2) is 10.7 Å². The normalized spacial score (nSPS) is 48.5. The van der Waals surface area contributed by atoms with Crippen LogP contribution in [0, 0.1) is 23.7 Å². The van der Waals surface area contributed by atoms with Crippen molar-refractivity contribution in [3.8, 4) is 0 Å². The number of hydrogen-bond donors (Lipinski definition) is 1. The number of rotatable bonds is 1. The Morgan fingerprint density at radius 3 is 2.62 bits per heavy atom. The second kappa shape index (κ2) is 4.18. The van der Waals surface area contributed by atoms with Crippen molar-refractivity contribution in [1.82, 2.24) is 0 Å². The van der Waals surface area contributed by atoms with Gasteiger partial charge >= 0.3 is 0 Å².